The highest BCUT2D eigenvalue weighted by atomic mass is 127. The van der Waals surface area contributed by atoms with Gasteiger partial charge < -0.3 is 4.74 Å². The van der Waals surface area contributed by atoms with Crippen LogP contribution < -0.4 is 0 Å². The normalized spacial score (nSPS) is 11.9. The number of rotatable bonds is 3. The van der Waals surface area contributed by atoms with E-state index in [1.807, 2.05) is 12.1 Å². The van der Waals surface area contributed by atoms with E-state index in [0.29, 0.717) is 13.0 Å². The lowest BCUT2D eigenvalue weighted by Gasteiger charge is -2.03. The van der Waals surface area contributed by atoms with Crippen molar-refractivity contribution in [3.8, 4) is 0 Å². The number of aromatic nitrogens is 2. The number of ether oxygens (including phenoxy) is 1. The maximum atomic E-state index is 5.14. The molecule has 0 N–H and O–H groups in total. The molecule has 0 fully saturated rings. The molecule has 1 atom stereocenters. The largest absolute Gasteiger partial charge is 0.377 e. The molecule has 1 aromatic carbocycles. The summed E-state index contributed by atoms with van der Waals surface area (Å²) in [5, 5.41) is 0. The number of imidazole rings is 1. The molecule has 6 heteroatoms. The van der Waals surface area contributed by atoms with Crippen LogP contribution in [-0.4, -0.2) is 16.4 Å². The topological polar surface area (TPSA) is 27.1 Å². The van der Waals surface area contributed by atoms with E-state index >= 15 is 0 Å². The summed E-state index contributed by atoms with van der Waals surface area (Å²) >= 11 is 5.83. The van der Waals surface area contributed by atoms with Gasteiger partial charge in [0.1, 0.15) is 12.4 Å². The summed E-state index contributed by atoms with van der Waals surface area (Å²) in [5.74, 6) is 0.985. The van der Waals surface area contributed by atoms with Crippen LogP contribution >= 0.6 is 44.3 Å². The zero-order valence-electron chi connectivity index (χ0n) is 8.00. The van der Waals surface area contributed by atoms with Crippen molar-refractivity contribution in [2.75, 3.05) is 7.11 Å². The first-order valence-electron chi connectivity index (χ1n) is 4.28. The van der Waals surface area contributed by atoms with Gasteiger partial charge in [0.15, 0.2) is 0 Å². The Morgan fingerprint density at radius 3 is 3.07 bits per heavy atom. The molecular formula is C9H9BrIN2OP. The molecule has 0 spiro atoms. The van der Waals surface area contributed by atoms with Crippen molar-refractivity contribution < 1.29 is 4.74 Å². The fourth-order valence-electron chi connectivity index (χ4n) is 1.42. The SMILES string of the molecule is COCc1nc2ccc(Br)cc2n1PI. The third-order valence-electron chi connectivity index (χ3n) is 2.04. The lowest BCUT2D eigenvalue weighted by Crippen LogP contribution is -1.95. The van der Waals surface area contributed by atoms with Crippen LogP contribution in [0.5, 0.6) is 0 Å². The number of benzene rings is 1. The van der Waals surface area contributed by atoms with Crippen LogP contribution in [-0.2, 0) is 11.3 Å². The fraction of sp³-hybridized carbons (Fsp3) is 0.222. The standard InChI is InChI=1S/C9H9BrIN2OP/c1-14-5-9-12-7-3-2-6(10)4-8(7)13(9)15-11/h2-4,15H,5H2,1H3. The predicted octanol–water partition coefficient (Wildman–Crippen LogP) is 3.74. The molecule has 3 nitrogen and oxygen atoms in total. The third kappa shape index (κ3) is 2.35. The Morgan fingerprint density at radius 2 is 2.40 bits per heavy atom. The van der Waals surface area contributed by atoms with Crippen LogP contribution in [0.2, 0.25) is 0 Å². The van der Waals surface area contributed by atoms with Crippen LogP contribution in [0.1, 0.15) is 5.82 Å². The summed E-state index contributed by atoms with van der Waals surface area (Å²) in [6.07, 6.45) is 0.637. The van der Waals surface area contributed by atoms with E-state index in [9.17, 15) is 0 Å². The Labute approximate surface area is 111 Å². The summed E-state index contributed by atoms with van der Waals surface area (Å²) in [4.78, 5) is 4.53. The molecule has 0 saturated carbocycles. The second kappa shape index (κ2) is 5.08. The lowest BCUT2D eigenvalue weighted by atomic mass is 10.3. The molecular weight excluding hydrogens is 390 g/mol. The van der Waals surface area contributed by atoms with E-state index in [1.165, 1.54) is 0 Å². The maximum Gasteiger partial charge on any atom is 0.139 e. The molecule has 0 aliphatic carbocycles. The Morgan fingerprint density at radius 1 is 1.60 bits per heavy atom. The average molecular weight is 399 g/mol. The van der Waals surface area contributed by atoms with Gasteiger partial charge in [0.2, 0.25) is 0 Å². The number of halogens is 2. The molecule has 1 heterocycles. The summed E-state index contributed by atoms with van der Waals surface area (Å²) in [5.41, 5.74) is 2.18. The van der Waals surface area contributed by atoms with Crippen LogP contribution in [0.25, 0.3) is 11.0 Å². The van der Waals surface area contributed by atoms with Crippen molar-refractivity contribution in [3.63, 3.8) is 0 Å². The van der Waals surface area contributed by atoms with Crippen molar-refractivity contribution in [2.45, 2.75) is 6.61 Å². The van der Waals surface area contributed by atoms with Crippen LogP contribution in [0.3, 0.4) is 0 Å². The number of hydrogen-bond donors (Lipinski definition) is 0. The van der Waals surface area contributed by atoms with Gasteiger partial charge in [-0.3, -0.25) is 4.34 Å². The van der Waals surface area contributed by atoms with Gasteiger partial charge in [0.25, 0.3) is 0 Å². The van der Waals surface area contributed by atoms with Gasteiger partial charge in [0, 0.05) is 18.0 Å². The van der Waals surface area contributed by atoms with Crippen molar-refractivity contribution in [1.29, 1.82) is 0 Å². The molecule has 0 amide bonds. The van der Waals surface area contributed by atoms with E-state index < -0.39 is 0 Å². The Bertz CT molecular complexity index is 488. The minimum Gasteiger partial charge on any atom is -0.377 e. The van der Waals surface area contributed by atoms with E-state index in [0.717, 1.165) is 21.3 Å². The number of methoxy groups -OCH3 is 1. The summed E-state index contributed by atoms with van der Waals surface area (Å²) in [6.45, 7) is 0.558. The highest BCUT2D eigenvalue weighted by Gasteiger charge is 2.09. The molecule has 0 aliphatic heterocycles. The highest BCUT2D eigenvalue weighted by Crippen LogP contribution is 2.32. The van der Waals surface area contributed by atoms with Crippen LogP contribution in [0, 0.1) is 0 Å². The third-order valence-corrected chi connectivity index (χ3v) is 4.65. The molecule has 0 radical (unpaired) electrons. The molecule has 15 heavy (non-hydrogen) atoms. The number of nitrogens with zero attached hydrogens (tertiary/aromatic N) is 2. The molecule has 0 saturated heterocycles. The molecule has 1 unspecified atom stereocenters. The van der Waals surface area contributed by atoms with Crippen LogP contribution in [0.15, 0.2) is 22.7 Å². The average Bonchev–Trinajstić information content (AvgIpc) is 2.55. The minimum atomic E-state index is 0.558. The Hall–Kier alpha value is 0.290. The first kappa shape index (κ1) is 11.8. The lowest BCUT2D eigenvalue weighted by molar-refractivity contribution is 0.178. The van der Waals surface area contributed by atoms with E-state index in [1.54, 1.807) is 7.11 Å². The zero-order chi connectivity index (χ0) is 10.8. The van der Waals surface area contributed by atoms with E-state index in [2.05, 4.69) is 53.4 Å². The monoisotopic (exact) mass is 398 g/mol. The zero-order valence-corrected chi connectivity index (χ0v) is 12.7. The van der Waals surface area contributed by atoms with E-state index in [-0.39, 0.29) is 0 Å². The smallest absolute Gasteiger partial charge is 0.139 e. The molecule has 0 aliphatic rings. The molecule has 80 valence electrons. The Balaban J connectivity index is 2.63. The van der Waals surface area contributed by atoms with Crippen molar-refractivity contribution in [1.82, 2.24) is 9.32 Å². The molecule has 0 bridgehead atoms. The fourth-order valence-corrected chi connectivity index (χ4v) is 3.86. The summed E-state index contributed by atoms with van der Waals surface area (Å²) < 4.78 is 8.40. The molecule has 1 aromatic heterocycles. The van der Waals surface area contributed by atoms with Gasteiger partial charge in [-0.15, -0.1) is 0 Å². The summed E-state index contributed by atoms with van der Waals surface area (Å²) in [7, 11) is 1.69. The van der Waals surface area contributed by atoms with Gasteiger partial charge in [-0.05, 0) is 40.2 Å². The van der Waals surface area contributed by atoms with E-state index in [4.69, 9.17) is 4.74 Å². The first-order valence-corrected chi connectivity index (χ1v) is 9.14. The number of hydrogen-bond acceptors (Lipinski definition) is 2. The highest BCUT2D eigenvalue weighted by molar-refractivity contribution is 14.2. The Kier molecular flexibility index (Phi) is 3.98. The quantitative estimate of drug-likeness (QED) is 0.581. The second-order valence-corrected chi connectivity index (χ2v) is 5.99. The van der Waals surface area contributed by atoms with Gasteiger partial charge in [-0.1, -0.05) is 15.9 Å². The first-order chi connectivity index (χ1) is 7.26. The minimum absolute atomic E-state index is 0.558. The molecule has 2 aromatic rings. The van der Waals surface area contributed by atoms with Crippen molar-refractivity contribution in [3.05, 3.63) is 28.5 Å². The van der Waals surface area contributed by atoms with Gasteiger partial charge in [0.05, 0.1) is 11.0 Å². The van der Waals surface area contributed by atoms with Crippen LogP contribution in [0.4, 0.5) is 0 Å². The predicted molar refractivity (Wildman–Crippen MR) is 75.9 cm³/mol. The van der Waals surface area contributed by atoms with Gasteiger partial charge in [-0.25, -0.2) is 4.98 Å². The van der Waals surface area contributed by atoms with Crippen molar-refractivity contribution in [2.24, 2.45) is 0 Å². The second-order valence-electron chi connectivity index (χ2n) is 3.01. The summed E-state index contributed by atoms with van der Waals surface area (Å²) in [6, 6.07) is 6.12. The number of fused-ring (bicyclic) bond motifs is 1. The van der Waals surface area contributed by atoms with Gasteiger partial charge in [-0.2, -0.15) is 0 Å². The van der Waals surface area contributed by atoms with Crippen molar-refractivity contribution >= 4 is 55.4 Å². The van der Waals surface area contributed by atoms with Gasteiger partial charge >= 0.3 is 0 Å². The molecule has 2 rings (SSSR count). The maximum absolute atomic E-state index is 5.14.